The van der Waals surface area contributed by atoms with Gasteiger partial charge >= 0.3 is 0 Å². The molecule has 25 heavy (non-hydrogen) atoms. The number of aliphatic hydroxyl groups is 1. The summed E-state index contributed by atoms with van der Waals surface area (Å²) in [6.45, 7) is 5.22. The third kappa shape index (κ3) is 4.38. The predicted molar refractivity (Wildman–Crippen MR) is 98.2 cm³/mol. The van der Waals surface area contributed by atoms with Gasteiger partial charge in [0.15, 0.2) is 0 Å². The van der Waals surface area contributed by atoms with Crippen LogP contribution in [0.5, 0.6) is 5.75 Å². The minimum absolute atomic E-state index is 0.0244. The second-order valence-electron chi connectivity index (χ2n) is 6.62. The van der Waals surface area contributed by atoms with Crippen LogP contribution < -0.4 is 4.74 Å². The lowest BCUT2D eigenvalue weighted by Gasteiger charge is -2.27. The summed E-state index contributed by atoms with van der Waals surface area (Å²) in [5.41, 5.74) is -0.108. The molecule has 1 aliphatic rings. The number of benzene rings is 1. The van der Waals surface area contributed by atoms with Crippen molar-refractivity contribution in [3.63, 3.8) is 0 Å². The molecule has 1 aromatic heterocycles. The Balaban J connectivity index is 1.61. The topological polar surface area (TPSA) is 62.7 Å². The fraction of sp³-hybridized carbons (Fsp3) is 0.474. The predicted octanol–water partition coefficient (Wildman–Crippen LogP) is 3.20. The summed E-state index contributed by atoms with van der Waals surface area (Å²) in [6, 6.07) is 9.51. The Labute approximate surface area is 152 Å². The average molecular weight is 360 g/mol. The van der Waals surface area contributed by atoms with Crippen LogP contribution in [-0.2, 0) is 0 Å². The van der Waals surface area contributed by atoms with Gasteiger partial charge in [0.05, 0.1) is 10.7 Å². The summed E-state index contributed by atoms with van der Waals surface area (Å²) in [5, 5.41) is 11.8. The molecule has 1 amide bonds. The minimum atomic E-state index is -0.899. The smallest absolute Gasteiger partial charge is 0.265 e. The number of aryl methyl sites for hydroxylation is 2. The fourth-order valence-corrected chi connectivity index (χ4v) is 4.02. The third-order valence-electron chi connectivity index (χ3n) is 4.55. The first-order chi connectivity index (χ1) is 12.0. The van der Waals surface area contributed by atoms with Crippen molar-refractivity contribution in [2.45, 2.75) is 38.7 Å². The van der Waals surface area contributed by atoms with Crippen molar-refractivity contribution in [2.24, 2.45) is 0 Å². The van der Waals surface area contributed by atoms with Gasteiger partial charge in [-0.2, -0.15) is 0 Å². The highest BCUT2D eigenvalue weighted by Crippen LogP contribution is 2.26. The summed E-state index contributed by atoms with van der Waals surface area (Å²) < 4.78 is 5.75. The highest BCUT2D eigenvalue weighted by Gasteiger charge is 2.33. The standard InChI is InChI=1S/C19H24N2O3S/c1-14-17(25-15(2)20-14)18(22)21-11-6-9-19(23,10-12-21)13-24-16-7-4-3-5-8-16/h3-5,7-8,23H,6,9-13H2,1-2H3. The van der Waals surface area contributed by atoms with Crippen LogP contribution in [0.4, 0.5) is 0 Å². The maximum Gasteiger partial charge on any atom is 0.265 e. The molecule has 6 heteroatoms. The molecular weight excluding hydrogens is 336 g/mol. The zero-order chi connectivity index (χ0) is 17.9. The second-order valence-corrected chi connectivity index (χ2v) is 7.82. The molecule has 1 aromatic carbocycles. The van der Waals surface area contributed by atoms with E-state index in [1.807, 2.05) is 49.1 Å². The van der Waals surface area contributed by atoms with Crippen molar-refractivity contribution in [1.82, 2.24) is 9.88 Å². The van der Waals surface area contributed by atoms with Crippen LogP contribution in [-0.4, -0.2) is 46.2 Å². The first-order valence-corrected chi connectivity index (χ1v) is 9.42. The number of amides is 1. The lowest BCUT2D eigenvalue weighted by atomic mass is 9.96. The van der Waals surface area contributed by atoms with Gasteiger partial charge in [0, 0.05) is 13.1 Å². The van der Waals surface area contributed by atoms with Crippen LogP contribution in [0.3, 0.4) is 0 Å². The van der Waals surface area contributed by atoms with E-state index in [-0.39, 0.29) is 12.5 Å². The van der Waals surface area contributed by atoms with E-state index in [1.54, 1.807) is 0 Å². The molecule has 0 spiro atoms. The molecule has 134 valence electrons. The lowest BCUT2D eigenvalue weighted by molar-refractivity contribution is -0.0163. The maximum atomic E-state index is 12.8. The number of rotatable bonds is 4. The molecule has 1 fully saturated rings. The van der Waals surface area contributed by atoms with Crippen LogP contribution in [0.1, 0.15) is 39.6 Å². The van der Waals surface area contributed by atoms with Gasteiger partial charge in [-0.15, -0.1) is 11.3 Å². The molecule has 0 saturated carbocycles. The number of carbonyl (C=O) groups is 1. The van der Waals surface area contributed by atoms with Crippen molar-refractivity contribution in [2.75, 3.05) is 19.7 Å². The molecule has 0 bridgehead atoms. The van der Waals surface area contributed by atoms with Crippen LogP contribution in [0.25, 0.3) is 0 Å². The summed E-state index contributed by atoms with van der Waals surface area (Å²) in [7, 11) is 0. The number of hydrogen-bond acceptors (Lipinski definition) is 5. The lowest BCUT2D eigenvalue weighted by Crippen LogP contribution is -2.38. The molecule has 1 N–H and O–H groups in total. The normalized spacial score (nSPS) is 21.0. The fourth-order valence-electron chi connectivity index (χ4n) is 3.13. The Hall–Kier alpha value is -1.92. The number of aromatic nitrogens is 1. The molecule has 0 aliphatic carbocycles. The van der Waals surface area contributed by atoms with Crippen molar-refractivity contribution in [1.29, 1.82) is 0 Å². The number of ether oxygens (including phenoxy) is 1. The minimum Gasteiger partial charge on any atom is -0.491 e. The van der Waals surface area contributed by atoms with Gasteiger partial charge in [0.1, 0.15) is 22.8 Å². The monoisotopic (exact) mass is 360 g/mol. The van der Waals surface area contributed by atoms with Crippen molar-refractivity contribution in [3.8, 4) is 5.75 Å². The number of hydrogen-bond donors (Lipinski definition) is 1. The van der Waals surface area contributed by atoms with E-state index in [2.05, 4.69) is 4.98 Å². The molecule has 1 aliphatic heterocycles. The number of nitrogens with zero attached hydrogens (tertiary/aromatic N) is 2. The molecule has 1 atom stereocenters. The maximum absolute atomic E-state index is 12.8. The van der Waals surface area contributed by atoms with Gasteiger partial charge in [-0.05, 0) is 45.2 Å². The van der Waals surface area contributed by atoms with Gasteiger partial charge in [0.25, 0.3) is 5.91 Å². The molecule has 5 nitrogen and oxygen atoms in total. The number of thiazole rings is 1. The first kappa shape index (κ1) is 17.9. The highest BCUT2D eigenvalue weighted by atomic mass is 32.1. The first-order valence-electron chi connectivity index (χ1n) is 8.60. The van der Waals surface area contributed by atoms with E-state index in [4.69, 9.17) is 4.74 Å². The van der Waals surface area contributed by atoms with Gasteiger partial charge in [0.2, 0.25) is 0 Å². The Morgan fingerprint density at radius 1 is 1.28 bits per heavy atom. The SMILES string of the molecule is Cc1nc(C)c(C(=O)N2CCCC(O)(COc3ccccc3)CC2)s1. The van der Waals surface area contributed by atoms with Gasteiger partial charge in [-0.1, -0.05) is 18.2 Å². The molecule has 0 radical (unpaired) electrons. The van der Waals surface area contributed by atoms with Crippen molar-refractivity contribution in [3.05, 3.63) is 45.9 Å². The van der Waals surface area contributed by atoms with E-state index in [0.717, 1.165) is 22.9 Å². The molecule has 2 heterocycles. The molecule has 2 aromatic rings. The number of para-hydroxylation sites is 1. The van der Waals surface area contributed by atoms with Gasteiger partial charge < -0.3 is 14.7 Å². The molecule has 1 saturated heterocycles. The van der Waals surface area contributed by atoms with E-state index < -0.39 is 5.60 Å². The van der Waals surface area contributed by atoms with Gasteiger partial charge in [-0.3, -0.25) is 4.79 Å². The van der Waals surface area contributed by atoms with Crippen LogP contribution >= 0.6 is 11.3 Å². The largest absolute Gasteiger partial charge is 0.491 e. The average Bonchev–Trinajstić information content (AvgIpc) is 2.82. The summed E-state index contributed by atoms with van der Waals surface area (Å²) in [6.07, 6.45) is 1.91. The van der Waals surface area contributed by atoms with E-state index in [0.29, 0.717) is 30.8 Å². The zero-order valence-electron chi connectivity index (χ0n) is 14.7. The van der Waals surface area contributed by atoms with Gasteiger partial charge in [-0.25, -0.2) is 4.98 Å². The molecular formula is C19H24N2O3S. The Kier molecular flexibility index (Phi) is 5.39. The van der Waals surface area contributed by atoms with E-state index >= 15 is 0 Å². The van der Waals surface area contributed by atoms with E-state index in [9.17, 15) is 9.90 Å². The number of likely N-dealkylation sites (tertiary alicyclic amines) is 1. The van der Waals surface area contributed by atoms with Crippen molar-refractivity contribution < 1.29 is 14.6 Å². The quantitative estimate of drug-likeness (QED) is 0.909. The zero-order valence-corrected chi connectivity index (χ0v) is 15.5. The van der Waals surface area contributed by atoms with Crippen LogP contribution in [0, 0.1) is 13.8 Å². The van der Waals surface area contributed by atoms with Crippen LogP contribution in [0.15, 0.2) is 30.3 Å². The summed E-state index contributed by atoms with van der Waals surface area (Å²) >= 11 is 1.44. The summed E-state index contributed by atoms with van der Waals surface area (Å²) in [5.74, 6) is 0.778. The molecule has 1 unspecified atom stereocenters. The Morgan fingerprint density at radius 2 is 2.04 bits per heavy atom. The highest BCUT2D eigenvalue weighted by molar-refractivity contribution is 7.13. The van der Waals surface area contributed by atoms with Crippen molar-refractivity contribution >= 4 is 17.2 Å². The van der Waals surface area contributed by atoms with Crippen LogP contribution in [0.2, 0.25) is 0 Å². The third-order valence-corrected chi connectivity index (χ3v) is 5.61. The summed E-state index contributed by atoms with van der Waals surface area (Å²) in [4.78, 5) is 19.6. The number of carbonyl (C=O) groups excluding carboxylic acids is 1. The Morgan fingerprint density at radius 3 is 2.72 bits per heavy atom. The Bertz CT molecular complexity index is 732. The second kappa shape index (κ2) is 7.54. The van der Waals surface area contributed by atoms with E-state index in [1.165, 1.54) is 11.3 Å². The molecule has 3 rings (SSSR count).